The molecule has 0 spiro atoms. The van der Waals surface area contributed by atoms with Crippen LogP contribution in [0, 0.1) is 11.3 Å². The maximum Gasteiger partial charge on any atom is 0.0992 e. The van der Waals surface area contributed by atoms with Gasteiger partial charge in [-0.1, -0.05) is 29.8 Å². The summed E-state index contributed by atoms with van der Waals surface area (Å²) in [5.41, 5.74) is 2.51. The van der Waals surface area contributed by atoms with E-state index >= 15 is 0 Å². The van der Waals surface area contributed by atoms with Crippen molar-refractivity contribution in [1.82, 2.24) is 0 Å². The second-order valence-corrected chi connectivity index (χ2v) is 4.08. The minimum atomic E-state index is 0.570. The molecule has 2 aromatic rings. The molecular weight excluding hydrogens is 232 g/mol. The van der Waals surface area contributed by atoms with Crippen LogP contribution in [0.5, 0.6) is 0 Å². The van der Waals surface area contributed by atoms with E-state index in [1.165, 1.54) is 0 Å². The lowest BCUT2D eigenvalue weighted by Gasteiger charge is -2.20. The summed E-state index contributed by atoms with van der Waals surface area (Å²) in [7, 11) is 1.95. The minimum Gasteiger partial charge on any atom is -0.343 e. The van der Waals surface area contributed by atoms with E-state index in [4.69, 9.17) is 16.9 Å². The smallest absolute Gasteiger partial charge is 0.0992 e. The number of halogens is 1. The van der Waals surface area contributed by atoms with Crippen LogP contribution in [-0.2, 0) is 0 Å². The molecule has 2 rings (SSSR count). The first-order valence-electron chi connectivity index (χ1n) is 5.21. The van der Waals surface area contributed by atoms with Gasteiger partial charge in [0.2, 0.25) is 0 Å². The quantitative estimate of drug-likeness (QED) is 0.797. The molecule has 0 amide bonds. The molecule has 0 unspecified atom stereocenters. The number of anilines is 2. The van der Waals surface area contributed by atoms with Gasteiger partial charge in [0.15, 0.2) is 0 Å². The molecule has 0 N–H and O–H groups in total. The molecule has 0 atom stereocenters. The van der Waals surface area contributed by atoms with Gasteiger partial charge in [0.1, 0.15) is 0 Å². The fourth-order valence-electron chi connectivity index (χ4n) is 1.64. The summed E-state index contributed by atoms with van der Waals surface area (Å²) in [6, 6.07) is 17.3. The van der Waals surface area contributed by atoms with Crippen molar-refractivity contribution >= 4 is 23.0 Å². The molecule has 0 saturated heterocycles. The SMILES string of the molecule is CN(c1ccccc1)c1ccc(C#N)cc1Cl. The predicted molar refractivity (Wildman–Crippen MR) is 70.7 cm³/mol. The standard InChI is InChI=1S/C14H11ClN2/c1-17(12-5-3-2-4-6-12)14-8-7-11(10-16)9-13(14)15/h2-9H,1H3. The van der Waals surface area contributed by atoms with Crippen molar-refractivity contribution in [1.29, 1.82) is 5.26 Å². The number of para-hydroxylation sites is 1. The summed E-state index contributed by atoms with van der Waals surface area (Å²) in [5, 5.41) is 9.37. The Kier molecular flexibility index (Phi) is 3.32. The lowest BCUT2D eigenvalue weighted by atomic mass is 10.2. The number of nitrogens with zero attached hydrogens (tertiary/aromatic N) is 2. The van der Waals surface area contributed by atoms with Crippen LogP contribution in [0.1, 0.15) is 5.56 Å². The van der Waals surface area contributed by atoms with Crippen molar-refractivity contribution in [3.8, 4) is 6.07 Å². The van der Waals surface area contributed by atoms with Gasteiger partial charge in [-0.25, -0.2) is 0 Å². The molecule has 84 valence electrons. The van der Waals surface area contributed by atoms with Gasteiger partial charge < -0.3 is 4.90 Å². The van der Waals surface area contributed by atoms with Gasteiger partial charge in [-0.2, -0.15) is 5.26 Å². The molecule has 0 fully saturated rings. The van der Waals surface area contributed by atoms with Gasteiger partial charge >= 0.3 is 0 Å². The zero-order valence-electron chi connectivity index (χ0n) is 9.39. The summed E-state index contributed by atoms with van der Waals surface area (Å²) < 4.78 is 0. The normalized spacial score (nSPS) is 9.71. The largest absolute Gasteiger partial charge is 0.343 e. The van der Waals surface area contributed by atoms with Crippen LogP contribution >= 0.6 is 11.6 Å². The maximum atomic E-state index is 8.79. The summed E-state index contributed by atoms with van der Waals surface area (Å²) in [5.74, 6) is 0. The van der Waals surface area contributed by atoms with Gasteiger partial charge in [-0.15, -0.1) is 0 Å². The first-order chi connectivity index (χ1) is 8.22. The third-order valence-electron chi connectivity index (χ3n) is 2.58. The molecule has 2 nitrogen and oxygen atoms in total. The Labute approximate surface area is 106 Å². The Morgan fingerprint density at radius 2 is 1.82 bits per heavy atom. The number of hydrogen-bond acceptors (Lipinski definition) is 2. The Morgan fingerprint density at radius 3 is 2.41 bits per heavy atom. The highest BCUT2D eigenvalue weighted by Gasteiger charge is 2.08. The summed E-state index contributed by atoms with van der Waals surface area (Å²) in [6.45, 7) is 0. The molecule has 0 bridgehead atoms. The van der Waals surface area contributed by atoms with Crippen LogP contribution in [0.25, 0.3) is 0 Å². The van der Waals surface area contributed by atoms with Gasteiger partial charge in [0.05, 0.1) is 22.3 Å². The third kappa shape index (κ3) is 2.41. The lowest BCUT2D eigenvalue weighted by Crippen LogP contribution is -2.09. The van der Waals surface area contributed by atoms with Crippen molar-refractivity contribution in [3.05, 3.63) is 59.1 Å². The highest BCUT2D eigenvalue weighted by Crippen LogP contribution is 2.30. The number of benzene rings is 2. The van der Waals surface area contributed by atoms with Crippen LogP contribution in [0.2, 0.25) is 5.02 Å². The van der Waals surface area contributed by atoms with Gasteiger partial charge in [-0.3, -0.25) is 0 Å². The van der Waals surface area contributed by atoms with E-state index in [1.807, 2.05) is 48.3 Å². The van der Waals surface area contributed by atoms with Crippen LogP contribution in [0.15, 0.2) is 48.5 Å². The Balaban J connectivity index is 2.39. The van der Waals surface area contributed by atoms with E-state index in [-0.39, 0.29) is 0 Å². The van der Waals surface area contributed by atoms with Crippen LogP contribution in [0.4, 0.5) is 11.4 Å². The molecule has 0 heterocycles. The number of nitriles is 1. The van der Waals surface area contributed by atoms with E-state index in [2.05, 4.69) is 6.07 Å². The zero-order valence-corrected chi connectivity index (χ0v) is 10.1. The summed E-state index contributed by atoms with van der Waals surface area (Å²) in [4.78, 5) is 1.99. The number of rotatable bonds is 2. The minimum absolute atomic E-state index is 0.570. The van der Waals surface area contributed by atoms with Crippen molar-refractivity contribution in [3.63, 3.8) is 0 Å². The summed E-state index contributed by atoms with van der Waals surface area (Å²) >= 11 is 6.16. The van der Waals surface area contributed by atoms with Gasteiger partial charge in [0, 0.05) is 12.7 Å². The van der Waals surface area contributed by atoms with E-state index in [0.717, 1.165) is 11.4 Å². The molecular formula is C14H11ClN2. The van der Waals surface area contributed by atoms with E-state index in [0.29, 0.717) is 10.6 Å². The second kappa shape index (κ2) is 4.90. The summed E-state index contributed by atoms with van der Waals surface area (Å²) in [6.07, 6.45) is 0. The average Bonchev–Trinajstić information content (AvgIpc) is 2.39. The first-order valence-corrected chi connectivity index (χ1v) is 5.58. The third-order valence-corrected chi connectivity index (χ3v) is 2.88. The molecule has 0 aromatic heterocycles. The van der Waals surface area contributed by atoms with Crippen molar-refractivity contribution < 1.29 is 0 Å². The van der Waals surface area contributed by atoms with Crippen LogP contribution in [-0.4, -0.2) is 7.05 Å². The van der Waals surface area contributed by atoms with Crippen molar-refractivity contribution in [2.45, 2.75) is 0 Å². The van der Waals surface area contributed by atoms with Crippen LogP contribution < -0.4 is 4.90 Å². The molecule has 0 aliphatic carbocycles. The molecule has 0 aliphatic heterocycles. The molecule has 0 aliphatic rings. The Morgan fingerprint density at radius 1 is 1.12 bits per heavy atom. The van der Waals surface area contributed by atoms with Gasteiger partial charge in [-0.05, 0) is 30.3 Å². The molecule has 3 heteroatoms. The molecule has 0 saturated carbocycles. The lowest BCUT2D eigenvalue weighted by molar-refractivity contribution is 1.21. The van der Waals surface area contributed by atoms with Crippen molar-refractivity contribution in [2.24, 2.45) is 0 Å². The molecule has 0 radical (unpaired) electrons. The zero-order chi connectivity index (χ0) is 12.3. The highest BCUT2D eigenvalue weighted by molar-refractivity contribution is 6.33. The fourth-order valence-corrected chi connectivity index (χ4v) is 1.95. The predicted octanol–water partition coefficient (Wildman–Crippen LogP) is 3.98. The first kappa shape index (κ1) is 11.5. The van der Waals surface area contributed by atoms with E-state index < -0.39 is 0 Å². The fraction of sp³-hybridized carbons (Fsp3) is 0.0714. The monoisotopic (exact) mass is 242 g/mol. The van der Waals surface area contributed by atoms with E-state index in [1.54, 1.807) is 12.1 Å². The second-order valence-electron chi connectivity index (χ2n) is 3.67. The van der Waals surface area contributed by atoms with Crippen LogP contribution in [0.3, 0.4) is 0 Å². The average molecular weight is 243 g/mol. The number of hydrogen-bond donors (Lipinski definition) is 0. The Hall–Kier alpha value is -1.98. The molecule has 17 heavy (non-hydrogen) atoms. The Bertz CT molecular complexity index is 558. The van der Waals surface area contributed by atoms with E-state index in [9.17, 15) is 0 Å². The maximum absolute atomic E-state index is 8.79. The van der Waals surface area contributed by atoms with Crippen molar-refractivity contribution in [2.75, 3.05) is 11.9 Å². The van der Waals surface area contributed by atoms with Gasteiger partial charge in [0.25, 0.3) is 0 Å². The molecule has 2 aromatic carbocycles. The topological polar surface area (TPSA) is 27.0 Å². The highest BCUT2D eigenvalue weighted by atomic mass is 35.5.